The number of carbonyl (C=O) groups excluding carboxylic acids is 1. The smallest absolute Gasteiger partial charge is 0.274 e. The highest BCUT2D eigenvalue weighted by Crippen LogP contribution is 2.36. The molecule has 3 rings (SSSR count). The van der Waals surface area contributed by atoms with E-state index in [1.54, 1.807) is 18.3 Å². The maximum atomic E-state index is 12.6. The normalized spacial score (nSPS) is 14.4. The lowest BCUT2D eigenvalue weighted by Gasteiger charge is -2.23. The third-order valence-electron chi connectivity index (χ3n) is 5.18. The molecule has 3 N–H and O–H groups in total. The van der Waals surface area contributed by atoms with Gasteiger partial charge in [0, 0.05) is 19.3 Å². The van der Waals surface area contributed by atoms with Crippen LogP contribution < -0.4 is 10.6 Å². The molecule has 6 heteroatoms. The first-order chi connectivity index (χ1) is 13.7. The van der Waals surface area contributed by atoms with Crippen LogP contribution >= 0.6 is 0 Å². The van der Waals surface area contributed by atoms with Gasteiger partial charge in [-0.2, -0.15) is 5.26 Å². The van der Waals surface area contributed by atoms with E-state index in [1.807, 2.05) is 18.2 Å². The first kappa shape index (κ1) is 20.0. The summed E-state index contributed by atoms with van der Waals surface area (Å²) in [6.07, 6.45) is 7.47. The van der Waals surface area contributed by atoms with Crippen molar-refractivity contribution in [1.82, 2.24) is 10.3 Å². The van der Waals surface area contributed by atoms with Gasteiger partial charge in [0.2, 0.25) is 0 Å². The summed E-state index contributed by atoms with van der Waals surface area (Å²) in [6, 6.07) is 11.5. The number of hydrogen-bond donors (Lipinski definition) is 3. The molecule has 0 radical (unpaired) electrons. The molecule has 0 saturated heterocycles. The number of nitrogens with one attached hydrogen (secondary N) is 2. The molecule has 1 saturated carbocycles. The van der Waals surface area contributed by atoms with E-state index in [0.29, 0.717) is 36.0 Å². The van der Waals surface area contributed by atoms with E-state index in [2.05, 4.69) is 21.7 Å². The van der Waals surface area contributed by atoms with Crippen LogP contribution in [0.3, 0.4) is 0 Å². The number of benzene rings is 1. The summed E-state index contributed by atoms with van der Waals surface area (Å²) in [6.45, 7) is 1.17. The van der Waals surface area contributed by atoms with Crippen molar-refractivity contribution >= 4 is 11.6 Å². The number of aliphatic hydroxyl groups is 1. The van der Waals surface area contributed by atoms with Crippen LogP contribution in [0.4, 0.5) is 5.69 Å². The zero-order valence-electron chi connectivity index (χ0n) is 15.9. The molecule has 1 aliphatic rings. The molecule has 0 bridgehead atoms. The van der Waals surface area contributed by atoms with Crippen molar-refractivity contribution < 1.29 is 9.90 Å². The van der Waals surface area contributed by atoms with Gasteiger partial charge in [-0.15, -0.1) is 0 Å². The van der Waals surface area contributed by atoms with Crippen molar-refractivity contribution in [3.8, 4) is 6.07 Å². The molecule has 1 amide bonds. The molecule has 1 heterocycles. The molecule has 146 valence electrons. The molecule has 0 atom stereocenters. The number of aliphatic hydroxyl groups excluding tert-OH is 1. The molecule has 2 aromatic rings. The number of rotatable bonds is 7. The van der Waals surface area contributed by atoms with Crippen LogP contribution in [0.25, 0.3) is 0 Å². The van der Waals surface area contributed by atoms with Gasteiger partial charge in [0.1, 0.15) is 11.8 Å². The summed E-state index contributed by atoms with van der Waals surface area (Å²) in [5, 5.41) is 24.4. The van der Waals surface area contributed by atoms with Crippen LogP contribution in [0.1, 0.15) is 65.2 Å². The van der Waals surface area contributed by atoms with Crippen molar-refractivity contribution in [2.45, 2.75) is 44.6 Å². The molecule has 0 spiro atoms. The summed E-state index contributed by atoms with van der Waals surface area (Å²) in [4.78, 5) is 16.8. The van der Waals surface area contributed by atoms with Gasteiger partial charge in [-0.1, -0.05) is 37.5 Å². The summed E-state index contributed by atoms with van der Waals surface area (Å²) < 4.78 is 0. The van der Waals surface area contributed by atoms with Crippen LogP contribution in [-0.4, -0.2) is 29.1 Å². The maximum absolute atomic E-state index is 12.6. The Kier molecular flexibility index (Phi) is 7.12. The number of anilines is 1. The van der Waals surface area contributed by atoms with E-state index in [1.165, 1.54) is 19.3 Å². The second kappa shape index (κ2) is 9.98. The van der Waals surface area contributed by atoms with Gasteiger partial charge >= 0.3 is 0 Å². The number of nitrogens with zero attached hydrogens (tertiary/aromatic N) is 2. The van der Waals surface area contributed by atoms with Crippen molar-refractivity contribution in [3.05, 3.63) is 58.9 Å². The van der Waals surface area contributed by atoms with Crippen LogP contribution in [0.5, 0.6) is 0 Å². The van der Waals surface area contributed by atoms with Crippen LogP contribution in [0.2, 0.25) is 0 Å². The second-order valence-corrected chi connectivity index (χ2v) is 7.12. The Balaban J connectivity index is 1.72. The minimum absolute atomic E-state index is 0.0784. The van der Waals surface area contributed by atoms with E-state index in [9.17, 15) is 10.1 Å². The summed E-state index contributed by atoms with van der Waals surface area (Å²) >= 11 is 0. The summed E-state index contributed by atoms with van der Waals surface area (Å²) in [5.41, 5.74) is 3.39. The number of carbonyl (C=O) groups is 1. The van der Waals surface area contributed by atoms with Crippen molar-refractivity contribution in [2.75, 3.05) is 18.5 Å². The molecule has 1 fully saturated rings. The predicted octanol–water partition coefficient (Wildman–Crippen LogP) is 3.34. The van der Waals surface area contributed by atoms with Crippen molar-refractivity contribution in [2.24, 2.45) is 0 Å². The Morgan fingerprint density at radius 2 is 2.04 bits per heavy atom. The van der Waals surface area contributed by atoms with Gasteiger partial charge in [-0.3, -0.25) is 9.78 Å². The molecule has 0 unspecified atom stereocenters. The average molecular weight is 378 g/mol. The fraction of sp³-hybridized carbons (Fsp3) is 0.409. The van der Waals surface area contributed by atoms with E-state index >= 15 is 0 Å². The van der Waals surface area contributed by atoms with Crippen molar-refractivity contribution in [1.29, 1.82) is 5.26 Å². The molecular weight excluding hydrogens is 352 g/mol. The molecule has 1 aliphatic carbocycles. The summed E-state index contributed by atoms with van der Waals surface area (Å²) in [5.74, 6) is 0.0660. The molecule has 6 nitrogen and oxygen atoms in total. The molecule has 0 aliphatic heterocycles. The standard InChI is InChI=1S/C22H26N4O2/c23-13-19-18(17-5-2-1-3-6-17)7-4-8-20(19)26-22(28)21-10-9-16(15-25-21)14-24-11-12-27/h4,7-10,15,17,24,27H,1-3,5-6,11-12,14H2,(H,26,28). The maximum Gasteiger partial charge on any atom is 0.274 e. The Hall–Kier alpha value is -2.75. The monoisotopic (exact) mass is 378 g/mol. The number of aromatic nitrogens is 1. The first-order valence-corrected chi connectivity index (χ1v) is 9.83. The Morgan fingerprint density at radius 3 is 2.71 bits per heavy atom. The summed E-state index contributed by atoms with van der Waals surface area (Å²) in [7, 11) is 0. The minimum atomic E-state index is -0.327. The van der Waals surface area contributed by atoms with Crippen LogP contribution in [0.15, 0.2) is 36.5 Å². The van der Waals surface area contributed by atoms with E-state index in [4.69, 9.17) is 5.11 Å². The molecule has 28 heavy (non-hydrogen) atoms. The van der Waals surface area contributed by atoms with Gasteiger partial charge in [0.15, 0.2) is 0 Å². The third kappa shape index (κ3) is 4.94. The number of hydrogen-bond acceptors (Lipinski definition) is 5. The highest BCUT2D eigenvalue weighted by Gasteiger charge is 2.21. The van der Waals surface area contributed by atoms with Crippen LogP contribution in [0, 0.1) is 11.3 Å². The van der Waals surface area contributed by atoms with Gasteiger partial charge < -0.3 is 15.7 Å². The fourth-order valence-corrected chi connectivity index (χ4v) is 3.71. The van der Waals surface area contributed by atoms with E-state index < -0.39 is 0 Å². The highest BCUT2D eigenvalue weighted by atomic mass is 16.3. The van der Waals surface area contributed by atoms with Gasteiger partial charge in [-0.05, 0) is 42.0 Å². The molecule has 1 aromatic carbocycles. The topological polar surface area (TPSA) is 98.0 Å². The number of amides is 1. The zero-order chi connectivity index (χ0) is 19.8. The Morgan fingerprint density at radius 1 is 1.21 bits per heavy atom. The molecule has 1 aromatic heterocycles. The predicted molar refractivity (Wildman–Crippen MR) is 108 cm³/mol. The van der Waals surface area contributed by atoms with E-state index in [0.717, 1.165) is 24.0 Å². The van der Waals surface area contributed by atoms with Gasteiger partial charge in [0.05, 0.1) is 17.9 Å². The first-order valence-electron chi connectivity index (χ1n) is 9.83. The minimum Gasteiger partial charge on any atom is -0.395 e. The average Bonchev–Trinajstić information content (AvgIpc) is 2.75. The zero-order valence-corrected chi connectivity index (χ0v) is 15.9. The number of pyridine rings is 1. The number of nitriles is 1. The lowest BCUT2D eigenvalue weighted by atomic mass is 9.82. The van der Waals surface area contributed by atoms with E-state index in [-0.39, 0.29) is 12.5 Å². The quantitative estimate of drug-likeness (QED) is 0.642. The van der Waals surface area contributed by atoms with Gasteiger partial charge in [-0.25, -0.2) is 0 Å². The fourth-order valence-electron chi connectivity index (χ4n) is 3.71. The SMILES string of the molecule is N#Cc1c(NC(=O)c2ccc(CNCCO)cn2)cccc1C1CCCCC1. The van der Waals surface area contributed by atoms with Crippen LogP contribution in [-0.2, 0) is 6.54 Å². The van der Waals surface area contributed by atoms with Crippen molar-refractivity contribution in [3.63, 3.8) is 0 Å². The highest BCUT2D eigenvalue weighted by molar-refractivity contribution is 6.03. The Bertz CT molecular complexity index is 837. The lowest BCUT2D eigenvalue weighted by Crippen LogP contribution is -2.18. The Labute approximate surface area is 165 Å². The second-order valence-electron chi connectivity index (χ2n) is 7.12. The largest absolute Gasteiger partial charge is 0.395 e. The van der Waals surface area contributed by atoms with Gasteiger partial charge in [0.25, 0.3) is 5.91 Å². The lowest BCUT2D eigenvalue weighted by molar-refractivity contribution is 0.102. The third-order valence-corrected chi connectivity index (χ3v) is 5.18. The molecular formula is C22H26N4O2.